The van der Waals surface area contributed by atoms with Gasteiger partial charge in [-0.1, -0.05) is 42.5 Å². The zero-order valence-electron chi connectivity index (χ0n) is 16.4. The largest absolute Gasteiger partial charge is 0.330 e. The van der Waals surface area contributed by atoms with Gasteiger partial charge in [0, 0.05) is 34.7 Å². The van der Waals surface area contributed by atoms with Crippen LogP contribution >= 0.6 is 22.7 Å². The summed E-state index contributed by atoms with van der Waals surface area (Å²) in [7, 11) is 0. The highest BCUT2D eigenvalue weighted by Crippen LogP contribution is 2.39. The molecule has 1 amide bonds. The summed E-state index contributed by atoms with van der Waals surface area (Å²) in [4.78, 5) is 30.5. The molecule has 0 radical (unpaired) electrons. The van der Waals surface area contributed by atoms with Crippen molar-refractivity contribution in [1.29, 1.82) is 0 Å². The van der Waals surface area contributed by atoms with E-state index >= 15 is 0 Å². The summed E-state index contributed by atoms with van der Waals surface area (Å²) in [5, 5.41) is 6.34. The van der Waals surface area contributed by atoms with Crippen molar-refractivity contribution >= 4 is 45.1 Å². The fourth-order valence-corrected chi connectivity index (χ4v) is 5.97. The van der Waals surface area contributed by atoms with Gasteiger partial charge in [-0.25, -0.2) is 0 Å². The van der Waals surface area contributed by atoms with Gasteiger partial charge in [0.15, 0.2) is 5.78 Å². The van der Waals surface area contributed by atoms with E-state index in [1.165, 1.54) is 15.3 Å². The normalized spacial score (nSPS) is 15.9. The first-order chi connectivity index (χ1) is 14.7. The molecule has 5 rings (SSSR count). The number of carbonyl (C=O) groups is 2. The van der Waals surface area contributed by atoms with E-state index in [1.54, 1.807) is 22.7 Å². The number of fused-ring (bicyclic) bond motifs is 2. The van der Waals surface area contributed by atoms with Crippen LogP contribution < -0.4 is 0 Å². The molecule has 0 N–H and O–H groups in total. The fraction of sp³-hybridized carbons (Fsp3) is 0.200. The van der Waals surface area contributed by atoms with Gasteiger partial charge in [-0.15, -0.1) is 22.7 Å². The quantitative estimate of drug-likeness (QED) is 0.358. The molecule has 0 saturated heterocycles. The third-order valence-corrected chi connectivity index (χ3v) is 7.66. The minimum Gasteiger partial charge on any atom is -0.330 e. The summed E-state index contributed by atoms with van der Waals surface area (Å²) >= 11 is 3.45. The third-order valence-electron chi connectivity index (χ3n) is 5.74. The smallest absolute Gasteiger partial charge is 0.223 e. The van der Waals surface area contributed by atoms with E-state index in [0.717, 1.165) is 17.2 Å². The van der Waals surface area contributed by atoms with Crippen LogP contribution in [-0.4, -0.2) is 23.1 Å². The molecule has 2 aromatic heterocycles. The molecule has 5 heteroatoms. The number of hydrogen-bond acceptors (Lipinski definition) is 4. The molecule has 0 fully saturated rings. The lowest BCUT2D eigenvalue weighted by Gasteiger charge is -2.35. The molecular formula is C25H21NO2S2. The van der Waals surface area contributed by atoms with Crippen molar-refractivity contribution in [2.24, 2.45) is 0 Å². The highest BCUT2D eigenvalue weighted by atomic mass is 32.1. The molecule has 1 atom stereocenters. The molecule has 1 aliphatic heterocycles. The number of rotatable bonds is 5. The third kappa shape index (κ3) is 3.59. The van der Waals surface area contributed by atoms with Gasteiger partial charge in [0.25, 0.3) is 0 Å². The van der Waals surface area contributed by atoms with Crippen molar-refractivity contribution in [2.45, 2.75) is 25.3 Å². The Balaban J connectivity index is 1.32. The number of nitrogens with zero attached hydrogens (tertiary/aromatic N) is 1. The van der Waals surface area contributed by atoms with Crippen molar-refractivity contribution < 1.29 is 9.59 Å². The van der Waals surface area contributed by atoms with Gasteiger partial charge >= 0.3 is 0 Å². The first-order valence-electron chi connectivity index (χ1n) is 10.1. The van der Waals surface area contributed by atoms with Crippen molar-refractivity contribution in [3.05, 3.63) is 92.3 Å². The number of Topliss-reactive ketones (excluding diaryl/α,β-unsaturated/α-hetero) is 1. The van der Waals surface area contributed by atoms with Crippen LogP contribution in [0.15, 0.2) is 71.4 Å². The molecule has 4 aromatic rings. The van der Waals surface area contributed by atoms with E-state index < -0.39 is 0 Å². The summed E-state index contributed by atoms with van der Waals surface area (Å²) < 4.78 is 0. The summed E-state index contributed by atoms with van der Waals surface area (Å²) in [6, 6.07) is 20.0. The number of carbonyl (C=O) groups excluding carboxylic acids is 2. The zero-order valence-corrected chi connectivity index (χ0v) is 18.0. The molecule has 30 heavy (non-hydrogen) atoms. The molecule has 2 aromatic carbocycles. The highest BCUT2D eigenvalue weighted by Gasteiger charge is 2.33. The van der Waals surface area contributed by atoms with Crippen molar-refractivity contribution in [3.8, 4) is 0 Å². The second-order valence-electron chi connectivity index (χ2n) is 7.54. The second kappa shape index (κ2) is 8.17. The predicted molar refractivity (Wildman–Crippen MR) is 123 cm³/mol. The standard InChI is InChI=1S/C25H21NO2S2/c27-21(19-8-7-17-4-1-2-5-18(17)16-19)9-10-24(28)26-13-11-22-20(12-15-30-22)25(26)23-6-3-14-29-23/h1-8,12,14-16,25H,9-11,13H2/t25-/m0/s1. The van der Waals surface area contributed by atoms with Gasteiger partial charge in [-0.2, -0.15) is 0 Å². The lowest BCUT2D eigenvalue weighted by molar-refractivity contribution is -0.133. The molecule has 0 aliphatic carbocycles. The Kier molecular flexibility index (Phi) is 5.23. The number of hydrogen-bond donors (Lipinski definition) is 0. The SMILES string of the molecule is O=C(CCC(=O)N1CCc2sccc2[C@H]1c1cccs1)c1ccc2ccccc2c1. The average molecular weight is 432 g/mol. The Hall–Kier alpha value is -2.76. The van der Waals surface area contributed by atoms with E-state index in [2.05, 4.69) is 22.9 Å². The van der Waals surface area contributed by atoms with E-state index in [4.69, 9.17) is 0 Å². The van der Waals surface area contributed by atoms with E-state index in [-0.39, 0.29) is 30.6 Å². The summed E-state index contributed by atoms with van der Waals surface area (Å²) in [6.45, 7) is 0.707. The van der Waals surface area contributed by atoms with Crippen LogP contribution in [0.25, 0.3) is 10.8 Å². The maximum Gasteiger partial charge on any atom is 0.223 e. The van der Waals surface area contributed by atoms with Crippen LogP contribution in [0.1, 0.15) is 44.6 Å². The number of ketones is 1. The van der Waals surface area contributed by atoms with Crippen molar-refractivity contribution in [2.75, 3.05) is 6.54 Å². The van der Waals surface area contributed by atoms with Gasteiger partial charge in [-0.3, -0.25) is 9.59 Å². The Morgan fingerprint density at radius 1 is 0.900 bits per heavy atom. The summed E-state index contributed by atoms with van der Waals surface area (Å²) in [5.41, 5.74) is 1.91. The zero-order chi connectivity index (χ0) is 20.5. The Morgan fingerprint density at radius 2 is 1.77 bits per heavy atom. The summed E-state index contributed by atoms with van der Waals surface area (Å²) in [5.74, 6) is 0.0781. The van der Waals surface area contributed by atoms with Crippen LogP contribution in [0.5, 0.6) is 0 Å². The minimum absolute atomic E-state index is 0.0232. The molecule has 0 bridgehead atoms. The molecule has 0 saturated carbocycles. The van der Waals surface area contributed by atoms with Crippen molar-refractivity contribution in [1.82, 2.24) is 4.90 Å². The second-order valence-corrected chi connectivity index (χ2v) is 9.52. The topological polar surface area (TPSA) is 37.4 Å². The van der Waals surface area contributed by atoms with Crippen molar-refractivity contribution in [3.63, 3.8) is 0 Å². The lowest BCUT2D eigenvalue weighted by atomic mass is 9.97. The molecule has 0 unspecified atom stereocenters. The Labute approximate surface area is 183 Å². The van der Waals surface area contributed by atoms with Gasteiger partial charge in [0.1, 0.15) is 0 Å². The Bertz CT molecular complexity index is 1210. The highest BCUT2D eigenvalue weighted by molar-refractivity contribution is 7.10. The lowest BCUT2D eigenvalue weighted by Crippen LogP contribution is -2.39. The van der Waals surface area contributed by atoms with Crippen LogP contribution in [0.2, 0.25) is 0 Å². The average Bonchev–Trinajstić information content (AvgIpc) is 3.48. The van der Waals surface area contributed by atoms with Crippen LogP contribution in [0, 0.1) is 0 Å². The Morgan fingerprint density at radius 3 is 2.60 bits per heavy atom. The molecule has 0 spiro atoms. The summed E-state index contributed by atoms with van der Waals surface area (Å²) in [6.07, 6.45) is 1.37. The van der Waals surface area contributed by atoms with Gasteiger partial charge < -0.3 is 4.90 Å². The van der Waals surface area contributed by atoms with Crippen LogP contribution in [0.4, 0.5) is 0 Å². The number of benzene rings is 2. The number of thiophene rings is 2. The van der Waals surface area contributed by atoms with Crippen LogP contribution in [-0.2, 0) is 11.2 Å². The van der Waals surface area contributed by atoms with Gasteiger partial charge in [0.2, 0.25) is 5.91 Å². The van der Waals surface area contributed by atoms with Gasteiger partial charge in [-0.05, 0) is 51.7 Å². The first kappa shape index (κ1) is 19.2. The first-order valence-corrected chi connectivity index (χ1v) is 11.9. The number of amides is 1. The van der Waals surface area contributed by atoms with E-state index in [9.17, 15) is 9.59 Å². The predicted octanol–water partition coefficient (Wildman–Crippen LogP) is 6.10. The maximum atomic E-state index is 13.2. The monoisotopic (exact) mass is 431 g/mol. The van der Waals surface area contributed by atoms with Gasteiger partial charge in [0.05, 0.1) is 6.04 Å². The van der Waals surface area contributed by atoms with E-state index in [0.29, 0.717) is 12.1 Å². The minimum atomic E-state index is -0.0247. The molecule has 1 aliphatic rings. The fourth-order valence-electron chi connectivity index (χ4n) is 4.21. The molecule has 150 valence electrons. The molecular weight excluding hydrogens is 410 g/mol. The molecule has 3 heterocycles. The van der Waals surface area contributed by atoms with Crippen LogP contribution in [0.3, 0.4) is 0 Å². The van der Waals surface area contributed by atoms with E-state index in [1.807, 2.05) is 53.4 Å². The maximum absolute atomic E-state index is 13.2. The molecule has 3 nitrogen and oxygen atoms in total.